The molecular formula is C16H16N4. The monoisotopic (exact) mass is 264 g/mol. The summed E-state index contributed by atoms with van der Waals surface area (Å²) >= 11 is 0. The summed E-state index contributed by atoms with van der Waals surface area (Å²) in [6, 6.07) is 8.56. The summed E-state index contributed by atoms with van der Waals surface area (Å²) in [7, 11) is 0. The molecule has 0 saturated heterocycles. The lowest BCUT2D eigenvalue weighted by molar-refractivity contribution is 1.03. The molecule has 4 aromatic heterocycles. The van der Waals surface area contributed by atoms with E-state index in [1.807, 2.05) is 0 Å². The van der Waals surface area contributed by atoms with Crippen molar-refractivity contribution in [3.63, 3.8) is 0 Å². The average molecular weight is 264 g/mol. The van der Waals surface area contributed by atoms with Crippen molar-refractivity contribution in [3.8, 4) is 0 Å². The van der Waals surface area contributed by atoms with Crippen LogP contribution in [0.2, 0.25) is 0 Å². The first-order valence-corrected chi connectivity index (χ1v) is 6.80. The molecule has 4 heteroatoms. The Morgan fingerprint density at radius 3 is 1.60 bits per heavy atom. The average Bonchev–Trinajstić information content (AvgIpc) is 2.81. The number of imidazole rings is 2. The molecule has 4 nitrogen and oxygen atoms in total. The molecule has 4 rings (SSSR count). The van der Waals surface area contributed by atoms with Crippen LogP contribution in [-0.2, 0) is 0 Å². The number of aromatic nitrogens is 4. The predicted octanol–water partition coefficient (Wildman–Crippen LogP) is 3.37. The minimum atomic E-state index is 0.812. The molecule has 4 aromatic rings. The van der Waals surface area contributed by atoms with E-state index in [-0.39, 0.29) is 0 Å². The van der Waals surface area contributed by atoms with E-state index in [1.165, 1.54) is 22.5 Å². The van der Waals surface area contributed by atoms with Gasteiger partial charge in [-0.2, -0.15) is 0 Å². The number of aryl methyl sites for hydroxylation is 4. The van der Waals surface area contributed by atoms with Crippen molar-refractivity contribution in [1.29, 1.82) is 0 Å². The lowest BCUT2D eigenvalue weighted by atomic mass is 10.2. The van der Waals surface area contributed by atoms with Crippen molar-refractivity contribution in [2.45, 2.75) is 27.7 Å². The number of hydrogen-bond acceptors (Lipinski definition) is 2. The third-order valence-corrected chi connectivity index (χ3v) is 3.81. The summed E-state index contributed by atoms with van der Waals surface area (Å²) in [6.45, 7) is 8.42. The molecule has 20 heavy (non-hydrogen) atoms. The van der Waals surface area contributed by atoms with Crippen LogP contribution in [0.3, 0.4) is 0 Å². The molecule has 0 aromatic carbocycles. The van der Waals surface area contributed by atoms with Crippen LogP contribution >= 0.6 is 0 Å². The molecule has 0 aliphatic rings. The number of nitrogens with zero attached hydrogens (tertiary/aromatic N) is 4. The van der Waals surface area contributed by atoms with Crippen LogP contribution in [0.1, 0.15) is 22.5 Å². The Balaban J connectivity index is 2.32. The second-order valence-corrected chi connectivity index (χ2v) is 5.61. The van der Waals surface area contributed by atoms with Gasteiger partial charge in [0, 0.05) is 11.4 Å². The van der Waals surface area contributed by atoms with Crippen LogP contribution in [0, 0.1) is 27.7 Å². The van der Waals surface area contributed by atoms with E-state index in [0.29, 0.717) is 0 Å². The smallest absolute Gasteiger partial charge is 0.198 e. The molecular weight excluding hydrogens is 248 g/mol. The maximum Gasteiger partial charge on any atom is 0.198 e. The summed E-state index contributed by atoms with van der Waals surface area (Å²) in [5, 5.41) is 0. The molecule has 0 radical (unpaired) electrons. The topological polar surface area (TPSA) is 34.6 Å². The molecule has 0 saturated carbocycles. The van der Waals surface area contributed by atoms with Gasteiger partial charge in [0.05, 0.1) is 0 Å². The van der Waals surface area contributed by atoms with Crippen LogP contribution < -0.4 is 0 Å². The summed E-state index contributed by atoms with van der Waals surface area (Å²) in [5.74, 6) is 0. The molecule has 100 valence electrons. The van der Waals surface area contributed by atoms with Gasteiger partial charge in [-0.05, 0) is 63.1 Å². The number of fused-ring (bicyclic) bond motifs is 5. The van der Waals surface area contributed by atoms with Crippen LogP contribution in [0.5, 0.6) is 0 Å². The predicted molar refractivity (Wildman–Crippen MR) is 80.4 cm³/mol. The minimum Gasteiger partial charge on any atom is -0.281 e. The molecule has 0 atom stereocenters. The second-order valence-electron chi connectivity index (χ2n) is 5.61. The molecule has 0 aliphatic heterocycles. The Bertz CT molecular complexity index is 911. The van der Waals surface area contributed by atoms with Gasteiger partial charge in [-0.3, -0.25) is 8.80 Å². The summed E-state index contributed by atoms with van der Waals surface area (Å²) in [4.78, 5) is 9.35. The maximum absolute atomic E-state index is 4.68. The van der Waals surface area contributed by atoms with Gasteiger partial charge in [0.1, 0.15) is 11.3 Å². The Kier molecular flexibility index (Phi) is 2.06. The first kappa shape index (κ1) is 11.5. The highest BCUT2D eigenvalue weighted by molar-refractivity contribution is 5.80. The van der Waals surface area contributed by atoms with Crippen molar-refractivity contribution in [3.05, 3.63) is 46.8 Å². The Hall–Kier alpha value is -2.36. The third kappa shape index (κ3) is 1.36. The van der Waals surface area contributed by atoms with Crippen LogP contribution in [0.15, 0.2) is 24.3 Å². The van der Waals surface area contributed by atoms with E-state index >= 15 is 0 Å². The largest absolute Gasteiger partial charge is 0.281 e. The minimum absolute atomic E-state index is 0.812. The molecule has 0 bridgehead atoms. The normalized spacial score (nSPS) is 12.0. The molecule has 0 aliphatic carbocycles. The van der Waals surface area contributed by atoms with Gasteiger partial charge in [-0.15, -0.1) is 0 Å². The first-order chi connectivity index (χ1) is 9.54. The van der Waals surface area contributed by atoms with Gasteiger partial charge in [-0.25, -0.2) is 9.97 Å². The highest BCUT2D eigenvalue weighted by Crippen LogP contribution is 2.23. The summed E-state index contributed by atoms with van der Waals surface area (Å²) < 4.78 is 4.37. The van der Waals surface area contributed by atoms with E-state index in [2.05, 4.69) is 70.7 Å². The summed E-state index contributed by atoms with van der Waals surface area (Å²) in [5.41, 5.74) is 8.63. The lowest BCUT2D eigenvalue weighted by Crippen LogP contribution is -1.98. The number of pyridine rings is 2. The van der Waals surface area contributed by atoms with Crippen molar-refractivity contribution >= 4 is 22.6 Å². The van der Waals surface area contributed by atoms with Crippen molar-refractivity contribution in [1.82, 2.24) is 18.8 Å². The number of rotatable bonds is 0. The Morgan fingerprint density at radius 2 is 1.15 bits per heavy atom. The van der Waals surface area contributed by atoms with Crippen molar-refractivity contribution in [2.24, 2.45) is 0 Å². The molecule has 4 heterocycles. The van der Waals surface area contributed by atoms with Gasteiger partial charge < -0.3 is 0 Å². The lowest BCUT2D eigenvalue weighted by Gasteiger charge is -2.06. The SMILES string of the molecule is Cc1cc(C)n2c(c1)nc1nc3cc(C)cc(C)n3c12. The van der Waals surface area contributed by atoms with Crippen LogP contribution in [-0.4, -0.2) is 18.8 Å². The van der Waals surface area contributed by atoms with Gasteiger partial charge in [0.2, 0.25) is 0 Å². The fourth-order valence-electron chi connectivity index (χ4n) is 3.13. The van der Waals surface area contributed by atoms with E-state index in [4.69, 9.17) is 0 Å². The van der Waals surface area contributed by atoms with E-state index in [1.54, 1.807) is 0 Å². The van der Waals surface area contributed by atoms with Gasteiger partial charge >= 0.3 is 0 Å². The van der Waals surface area contributed by atoms with E-state index < -0.39 is 0 Å². The van der Waals surface area contributed by atoms with Crippen molar-refractivity contribution < 1.29 is 0 Å². The molecule has 0 N–H and O–H groups in total. The molecule has 0 spiro atoms. The van der Waals surface area contributed by atoms with Crippen LogP contribution in [0.4, 0.5) is 0 Å². The quantitative estimate of drug-likeness (QED) is 0.488. The highest BCUT2D eigenvalue weighted by atomic mass is 15.2. The highest BCUT2D eigenvalue weighted by Gasteiger charge is 2.15. The number of hydrogen-bond donors (Lipinski definition) is 0. The van der Waals surface area contributed by atoms with E-state index in [9.17, 15) is 0 Å². The van der Waals surface area contributed by atoms with Gasteiger partial charge in [-0.1, -0.05) is 0 Å². The standard InChI is InChI=1S/C16H16N4/c1-9-5-11(3)19-13(7-9)17-15-16(19)20-12(4)6-10(2)8-14(20)18-15/h5-8H,1-4H3. The van der Waals surface area contributed by atoms with Gasteiger partial charge in [0.25, 0.3) is 0 Å². The molecule has 0 amide bonds. The van der Waals surface area contributed by atoms with Crippen LogP contribution in [0.25, 0.3) is 22.6 Å². The summed E-state index contributed by atoms with van der Waals surface area (Å²) in [6.07, 6.45) is 0. The zero-order valence-electron chi connectivity index (χ0n) is 12.1. The third-order valence-electron chi connectivity index (χ3n) is 3.81. The second kappa shape index (κ2) is 3.60. The zero-order valence-corrected chi connectivity index (χ0v) is 12.1. The Morgan fingerprint density at radius 1 is 0.700 bits per heavy atom. The van der Waals surface area contributed by atoms with Crippen molar-refractivity contribution in [2.75, 3.05) is 0 Å². The maximum atomic E-state index is 4.68. The molecule has 0 fully saturated rings. The zero-order chi connectivity index (χ0) is 14.0. The fraction of sp³-hybridized carbons (Fsp3) is 0.250. The Labute approximate surface area is 116 Å². The van der Waals surface area contributed by atoms with E-state index in [0.717, 1.165) is 22.6 Å². The fourth-order valence-corrected chi connectivity index (χ4v) is 3.13. The first-order valence-electron chi connectivity index (χ1n) is 6.80. The van der Waals surface area contributed by atoms with Gasteiger partial charge in [0.15, 0.2) is 11.3 Å². The molecule has 0 unspecified atom stereocenters.